The molecule has 0 saturated heterocycles. The Labute approximate surface area is 143 Å². The first-order valence-corrected chi connectivity index (χ1v) is 7.90. The van der Waals surface area contributed by atoms with Gasteiger partial charge in [-0.1, -0.05) is 26.0 Å². The van der Waals surface area contributed by atoms with Crippen LogP contribution >= 0.6 is 0 Å². The number of fused-ring (bicyclic) bond motifs is 1. The van der Waals surface area contributed by atoms with E-state index in [-0.39, 0.29) is 18.2 Å². The van der Waals surface area contributed by atoms with Gasteiger partial charge in [-0.25, -0.2) is 14.8 Å². The molecular formula is C17H19N5O3. The second-order valence-electron chi connectivity index (χ2n) is 6.16. The molecule has 1 aromatic carbocycles. The van der Waals surface area contributed by atoms with Crippen molar-refractivity contribution in [2.75, 3.05) is 6.61 Å². The third kappa shape index (κ3) is 3.03. The van der Waals surface area contributed by atoms with Crippen molar-refractivity contribution in [3.05, 3.63) is 46.5 Å². The third-order valence-electron chi connectivity index (χ3n) is 4.18. The van der Waals surface area contributed by atoms with Crippen LogP contribution in [0.25, 0.3) is 22.6 Å². The Morgan fingerprint density at radius 2 is 2.00 bits per heavy atom. The number of aliphatic hydroxyl groups excluding tert-OH is 1. The average Bonchev–Trinajstić information content (AvgIpc) is 2.91. The first-order valence-electron chi connectivity index (χ1n) is 7.90. The first kappa shape index (κ1) is 16.8. The summed E-state index contributed by atoms with van der Waals surface area (Å²) in [7, 11) is 0. The van der Waals surface area contributed by atoms with Crippen LogP contribution < -0.4 is 11.4 Å². The fraction of sp³-hybridized carbons (Fsp3) is 0.294. The van der Waals surface area contributed by atoms with Gasteiger partial charge in [0.05, 0.1) is 24.5 Å². The second kappa shape index (κ2) is 6.48. The Morgan fingerprint density at radius 1 is 1.32 bits per heavy atom. The van der Waals surface area contributed by atoms with Crippen LogP contribution in [0.2, 0.25) is 0 Å². The molecule has 2 aromatic heterocycles. The molecule has 0 aliphatic rings. The lowest BCUT2D eigenvalue weighted by Gasteiger charge is -2.19. The molecule has 0 radical (unpaired) electrons. The number of aromatic nitrogens is 4. The van der Waals surface area contributed by atoms with E-state index in [1.165, 1.54) is 4.57 Å². The number of nitrogens with one attached hydrogen (secondary N) is 1. The molecule has 8 heteroatoms. The highest BCUT2D eigenvalue weighted by Crippen LogP contribution is 2.22. The maximum atomic E-state index is 12.3. The van der Waals surface area contributed by atoms with Gasteiger partial charge in [0.2, 0.25) is 5.91 Å². The van der Waals surface area contributed by atoms with Crippen LogP contribution in [0.5, 0.6) is 0 Å². The number of aliphatic hydroxyl groups is 1. The van der Waals surface area contributed by atoms with Crippen LogP contribution in [0.1, 0.15) is 30.2 Å². The summed E-state index contributed by atoms with van der Waals surface area (Å²) in [6.07, 6.45) is 1.55. The van der Waals surface area contributed by atoms with E-state index in [0.717, 1.165) is 5.56 Å². The lowest BCUT2D eigenvalue weighted by atomic mass is 10.1. The molecule has 3 rings (SSSR count). The van der Waals surface area contributed by atoms with E-state index in [1.54, 1.807) is 30.5 Å². The van der Waals surface area contributed by atoms with Crippen molar-refractivity contribution in [2.45, 2.75) is 19.9 Å². The van der Waals surface area contributed by atoms with Crippen molar-refractivity contribution in [2.24, 2.45) is 11.7 Å². The third-order valence-corrected chi connectivity index (χ3v) is 4.18. The number of hydrogen-bond acceptors (Lipinski definition) is 5. The van der Waals surface area contributed by atoms with Crippen LogP contribution in [0.4, 0.5) is 0 Å². The number of carbonyl (C=O) groups is 1. The minimum Gasteiger partial charge on any atom is -0.394 e. The highest BCUT2D eigenvalue weighted by molar-refractivity contribution is 5.93. The molecule has 0 spiro atoms. The molecule has 0 unspecified atom stereocenters. The summed E-state index contributed by atoms with van der Waals surface area (Å²) in [5.74, 6) is -0.461. The molecule has 0 aliphatic heterocycles. The fourth-order valence-corrected chi connectivity index (χ4v) is 2.74. The van der Waals surface area contributed by atoms with Gasteiger partial charge in [-0.15, -0.1) is 0 Å². The van der Waals surface area contributed by atoms with Crippen molar-refractivity contribution in [3.8, 4) is 11.3 Å². The van der Waals surface area contributed by atoms with E-state index in [4.69, 9.17) is 5.73 Å². The summed E-state index contributed by atoms with van der Waals surface area (Å²) < 4.78 is 1.44. The molecule has 130 valence electrons. The molecule has 0 bridgehead atoms. The van der Waals surface area contributed by atoms with E-state index in [0.29, 0.717) is 22.6 Å². The lowest BCUT2D eigenvalue weighted by Crippen LogP contribution is -2.28. The molecular weight excluding hydrogens is 322 g/mol. The van der Waals surface area contributed by atoms with E-state index in [2.05, 4.69) is 15.0 Å². The number of hydrogen-bond donors (Lipinski definition) is 3. The van der Waals surface area contributed by atoms with Gasteiger partial charge in [-0.3, -0.25) is 14.3 Å². The summed E-state index contributed by atoms with van der Waals surface area (Å²) in [5, 5.41) is 9.66. The average molecular weight is 341 g/mol. The zero-order valence-corrected chi connectivity index (χ0v) is 13.9. The number of aromatic amines is 1. The minimum absolute atomic E-state index is 0.0435. The topological polar surface area (TPSA) is 127 Å². The molecule has 2 heterocycles. The number of rotatable bonds is 5. The summed E-state index contributed by atoms with van der Waals surface area (Å²) >= 11 is 0. The number of amides is 1. The van der Waals surface area contributed by atoms with Crippen LogP contribution in [-0.4, -0.2) is 37.1 Å². The molecule has 0 aliphatic carbocycles. The van der Waals surface area contributed by atoms with Gasteiger partial charge < -0.3 is 10.8 Å². The highest BCUT2D eigenvalue weighted by atomic mass is 16.3. The van der Waals surface area contributed by atoms with Crippen molar-refractivity contribution < 1.29 is 9.90 Å². The minimum atomic E-state index is -0.504. The van der Waals surface area contributed by atoms with E-state index in [1.807, 2.05) is 13.8 Å². The Morgan fingerprint density at radius 3 is 2.56 bits per heavy atom. The Hall–Kier alpha value is -3.00. The summed E-state index contributed by atoms with van der Waals surface area (Å²) in [6, 6.07) is 6.26. The standard InChI is InChI=1S/C17H19N5O3/c1-9(2)13(8-23)22-16-15(21-17(22)25)19-7-12(20-16)10-3-5-11(6-4-10)14(18)24/h3-7,9,13,23H,8H2,1-2H3,(H2,18,24)(H,19,21,25)/t13-/m1/s1. The van der Waals surface area contributed by atoms with Crippen LogP contribution in [0.15, 0.2) is 35.3 Å². The number of nitrogens with zero attached hydrogens (tertiary/aromatic N) is 3. The molecule has 25 heavy (non-hydrogen) atoms. The van der Waals surface area contributed by atoms with E-state index >= 15 is 0 Å². The molecule has 0 saturated carbocycles. The first-order chi connectivity index (χ1) is 11.9. The molecule has 4 N–H and O–H groups in total. The van der Waals surface area contributed by atoms with Crippen LogP contribution in [-0.2, 0) is 0 Å². The lowest BCUT2D eigenvalue weighted by molar-refractivity contribution is 0.100. The molecule has 1 amide bonds. The van der Waals surface area contributed by atoms with Gasteiger partial charge in [0, 0.05) is 11.1 Å². The van der Waals surface area contributed by atoms with E-state index in [9.17, 15) is 14.7 Å². The van der Waals surface area contributed by atoms with Crippen LogP contribution in [0.3, 0.4) is 0 Å². The van der Waals surface area contributed by atoms with Gasteiger partial charge in [0.15, 0.2) is 11.3 Å². The Balaban J connectivity index is 2.13. The number of H-pyrrole nitrogens is 1. The smallest absolute Gasteiger partial charge is 0.329 e. The number of carbonyl (C=O) groups excluding carboxylic acids is 1. The zero-order chi connectivity index (χ0) is 18.1. The summed E-state index contributed by atoms with van der Waals surface area (Å²) in [4.78, 5) is 34.9. The maximum absolute atomic E-state index is 12.3. The SMILES string of the molecule is CC(C)[C@@H](CO)n1c(=O)[nH]c2ncc(-c3ccc(C(N)=O)cc3)nc21. The quantitative estimate of drug-likeness (QED) is 0.640. The van der Waals surface area contributed by atoms with Crippen molar-refractivity contribution in [1.29, 1.82) is 0 Å². The number of imidazole rings is 1. The monoisotopic (exact) mass is 341 g/mol. The highest BCUT2D eigenvalue weighted by Gasteiger charge is 2.21. The number of primary amides is 1. The summed E-state index contributed by atoms with van der Waals surface area (Å²) in [6.45, 7) is 3.67. The number of benzene rings is 1. The predicted octanol–water partition coefficient (Wildman–Crippen LogP) is 1.07. The normalized spacial score (nSPS) is 12.6. The Kier molecular flexibility index (Phi) is 4.37. The summed E-state index contributed by atoms with van der Waals surface area (Å²) in [5.41, 5.74) is 7.32. The molecule has 1 atom stereocenters. The predicted molar refractivity (Wildman–Crippen MR) is 93.1 cm³/mol. The zero-order valence-electron chi connectivity index (χ0n) is 13.9. The molecule has 8 nitrogen and oxygen atoms in total. The Bertz CT molecular complexity index is 972. The number of nitrogens with two attached hydrogens (primary N) is 1. The van der Waals surface area contributed by atoms with Gasteiger partial charge in [0.1, 0.15) is 0 Å². The maximum Gasteiger partial charge on any atom is 0.329 e. The van der Waals surface area contributed by atoms with Gasteiger partial charge in [0.25, 0.3) is 0 Å². The second-order valence-corrected chi connectivity index (χ2v) is 6.16. The van der Waals surface area contributed by atoms with Gasteiger partial charge in [-0.2, -0.15) is 0 Å². The van der Waals surface area contributed by atoms with Crippen molar-refractivity contribution in [1.82, 2.24) is 19.5 Å². The van der Waals surface area contributed by atoms with Gasteiger partial charge in [-0.05, 0) is 18.1 Å². The molecule has 0 fully saturated rings. The largest absolute Gasteiger partial charge is 0.394 e. The fourth-order valence-electron chi connectivity index (χ4n) is 2.74. The van der Waals surface area contributed by atoms with Gasteiger partial charge >= 0.3 is 5.69 Å². The molecule has 3 aromatic rings. The van der Waals surface area contributed by atoms with Crippen molar-refractivity contribution in [3.63, 3.8) is 0 Å². The van der Waals surface area contributed by atoms with Crippen LogP contribution in [0, 0.1) is 5.92 Å². The van der Waals surface area contributed by atoms with Crippen molar-refractivity contribution >= 4 is 17.2 Å². The van der Waals surface area contributed by atoms with E-state index < -0.39 is 11.9 Å².